The maximum absolute atomic E-state index is 3.54. The highest BCUT2D eigenvalue weighted by molar-refractivity contribution is 4.70. The van der Waals surface area contributed by atoms with Crippen LogP contribution in [-0.4, -0.2) is 37.1 Å². The first-order valence-corrected chi connectivity index (χ1v) is 8.45. The van der Waals surface area contributed by atoms with Gasteiger partial charge in [0.25, 0.3) is 0 Å². The van der Waals surface area contributed by atoms with Crippen molar-refractivity contribution in [1.82, 2.24) is 10.2 Å². The lowest BCUT2D eigenvalue weighted by Crippen LogP contribution is -2.38. The van der Waals surface area contributed by atoms with E-state index in [9.17, 15) is 0 Å². The van der Waals surface area contributed by atoms with Crippen molar-refractivity contribution in [3.63, 3.8) is 0 Å². The molecule has 0 fully saturated rings. The van der Waals surface area contributed by atoms with Gasteiger partial charge in [0, 0.05) is 12.6 Å². The van der Waals surface area contributed by atoms with E-state index >= 15 is 0 Å². The molecule has 0 saturated heterocycles. The summed E-state index contributed by atoms with van der Waals surface area (Å²) in [4.78, 5) is 2.72. The second-order valence-corrected chi connectivity index (χ2v) is 6.66. The Morgan fingerprint density at radius 3 is 2.00 bits per heavy atom. The van der Waals surface area contributed by atoms with Gasteiger partial charge in [-0.05, 0) is 57.2 Å². The van der Waals surface area contributed by atoms with Gasteiger partial charge < -0.3 is 10.2 Å². The highest BCUT2D eigenvalue weighted by atomic mass is 15.1. The van der Waals surface area contributed by atoms with Crippen molar-refractivity contribution in [3.8, 4) is 0 Å². The van der Waals surface area contributed by atoms with Crippen LogP contribution in [0, 0.1) is 11.8 Å². The van der Waals surface area contributed by atoms with Gasteiger partial charge >= 0.3 is 0 Å². The number of nitrogens with zero attached hydrogens (tertiary/aromatic N) is 1. The first-order chi connectivity index (χ1) is 9.01. The highest BCUT2D eigenvalue weighted by Crippen LogP contribution is 2.12. The number of unbranched alkanes of at least 4 members (excludes halogenated alkanes) is 1. The van der Waals surface area contributed by atoms with Crippen LogP contribution in [0.15, 0.2) is 0 Å². The summed E-state index contributed by atoms with van der Waals surface area (Å²) in [6, 6.07) is 0.783. The Labute approximate surface area is 122 Å². The summed E-state index contributed by atoms with van der Waals surface area (Å²) in [6.07, 6.45) is 5.21. The van der Waals surface area contributed by atoms with E-state index in [4.69, 9.17) is 0 Å². The van der Waals surface area contributed by atoms with Crippen LogP contribution in [-0.2, 0) is 0 Å². The van der Waals surface area contributed by atoms with E-state index in [0.717, 1.165) is 24.4 Å². The van der Waals surface area contributed by atoms with Gasteiger partial charge in [-0.2, -0.15) is 0 Å². The van der Waals surface area contributed by atoms with Gasteiger partial charge in [0.15, 0.2) is 0 Å². The van der Waals surface area contributed by atoms with E-state index in [2.05, 4.69) is 51.8 Å². The van der Waals surface area contributed by atoms with Gasteiger partial charge in [-0.3, -0.25) is 0 Å². The summed E-state index contributed by atoms with van der Waals surface area (Å²) >= 11 is 0. The summed E-state index contributed by atoms with van der Waals surface area (Å²) in [6.45, 7) is 18.7. The van der Waals surface area contributed by atoms with E-state index in [1.807, 2.05) is 0 Å². The van der Waals surface area contributed by atoms with E-state index in [1.165, 1.54) is 45.3 Å². The van der Waals surface area contributed by atoms with Crippen molar-refractivity contribution in [2.45, 2.75) is 73.3 Å². The zero-order valence-corrected chi connectivity index (χ0v) is 14.3. The molecule has 0 amide bonds. The molecule has 19 heavy (non-hydrogen) atoms. The Kier molecular flexibility index (Phi) is 11.7. The predicted molar refractivity (Wildman–Crippen MR) is 87.7 cm³/mol. The zero-order chi connectivity index (χ0) is 14.7. The minimum atomic E-state index is 0.766. The SMILES string of the molecule is CCC(CC)N(CCCCNCC(C)C)CC(C)C. The molecule has 0 saturated carbocycles. The number of hydrogen-bond donors (Lipinski definition) is 1. The molecule has 2 nitrogen and oxygen atoms in total. The Hall–Kier alpha value is -0.0800. The summed E-state index contributed by atoms with van der Waals surface area (Å²) in [5, 5.41) is 3.54. The molecule has 0 aromatic carbocycles. The first kappa shape index (κ1) is 18.9. The normalized spacial score (nSPS) is 12.3. The molecule has 0 rings (SSSR count). The molecule has 0 aromatic heterocycles. The molecule has 0 unspecified atom stereocenters. The molecule has 0 aliphatic heterocycles. The van der Waals surface area contributed by atoms with E-state index < -0.39 is 0 Å². The van der Waals surface area contributed by atoms with Gasteiger partial charge in [-0.1, -0.05) is 41.5 Å². The number of hydrogen-bond acceptors (Lipinski definition) is 2. The van der Waals surface area contributed by atoms with Gasteiger partial charge in [0.2, 0.25) is 0 Å². The molecule has 0 aliphatic rings. The van der Waals surface area contributed by atoms with Crippen molar-refractivity contribution < 1.29 is 0 Å². The second kappa shape index (κ2) is 11.7. The third-order valence-electron chi connectivity index (χ3n) is 3.66. The Balaban J connectivity index is 3.85. The number of rotatable bonds is 12. The average Bonchev–Trinajstić information content (AvgIpc) is 2.33. The Morgan fingerprint density at radius 1 is 0.895 bits per heavy atom. The lowest BCUT2D eigenvalue weighted by Gasteiger charge is -2.32. The van der Waals surface area contributed by atoms with Gasteiger partial charge in [-0.25, -0.2) is 0 Å². The van der Waals surface area contributed by atoms with E-state index in [-0.39, 0.29) is 0 Å². The smallest absolute Gasteiger partial charge is 0.00901 e. The molecular formula is C17H38N2. The molecule has 0 atom stereocenters. The first-order valence-electron chi connectivity index (χ1n) is 8.45. The molecule has 2 heteroatoms. The number of nitrogens with one attached hydrogen (secondary N) is 1. The molecular weight excluding hydrogens is 232 g/mol. The topological polar surface area (TPSA) is 15.3 Å². The van der Waals surface area contributed by atoms with Gasteiger partial charge in [0.1, 0.15) is 0 Å². The third kappa shape index (κ3) is 10.4. The summed E-state index contributed by atoms with van der Waals surface area (Å²) in [5.41, 5.74) is 0. The highest BCUT2D eigenvalue weighted by Gasteiger charge is 2.15. The standard InChI is InChI=1S/C17H38N2/c1-7-17(8-2)19(14-16(5)6)12-10-9-11-18-13-15(3)4/h15-18H,7-14H2,1-6H3. The maximum atomic E-state index is 3.54. The van der Waals surface area contributed by atoms with Crippen molar-refractivity contribution >= 4 is 0 Å². The summed E-state index contributed by atoms with van der Waals surface area (Å²) in [7, 11) is 0. The van der Waals surface area contributed by atoms with Gasteiger partial charge in [0.05, 0.1) is 0 Å². The van der Waals surface area contributed by atoms with Crippen molar-refractivity contribution in [2.75, 3.05) is 26.2 Å². The molecule has 0 aliphatic carbocycles. The molecule has 0 heterocycles. The van der Waals surface area contributed by atoms with Crippen LogP contribution in [0.4, 0.5) is 0 Å². The fraction of sp³-hybridized carbons (Fsp3) is 1.00. The lowest BCUT2D eigenvalue weighted by molar-refractivity contribution is 0.163. The minimum absolute atomic E-state index is 0.766. The summed E-state index contributed by atoms with van der Waals surface area (Å²) < 4.78 is 0. The van der Waals surface area contributed by atoms with E-state index in [1.54, 1.807) is 0 Å². The largest absolute Gasteiger partial charge is 0.316 e. The lowest BCUT2D eigenvalue weighted by atomic mass is 10.1. The predicted octanol–water partition coefficient (Wildman–Crippen LogP) is 4.16. The summed E-state index contributed by atoms with van der Waals surface area (Å²) in [5.74, 6) is 1.54. The fourth-order valence-electron chi connectivity index (χ4n) is 2.65. The van der Waals surface area contributed by atoms with E-state index in [0.29, 0.717) is 0 Å². The Bertz CT molecular complexity index is 186. The van der Waals surface area contributed by atoms with Crippen LogP contribution in [0.25, 0.3) is 0 Å². The van der Waals surface area contributed by atoms with Crippen LogP contribution in [0.3, 0.4) is 0 Å². The monoisotopic (exact) mass is 270 g/mol. The van der Waals surface area contributed by atoms with Crippen molar-refractivity contribution in [1.29, 1.82) is 0 Å². The molecule has 0 radical (unpaired) electrons. The van der Waals surface area contributed by atoms with Gasteiger partial charge in [-0.15, -0.1) is 0 Å². The molecule has 1 N–H and O–H groups in total. The minimum Gasteiger partial charge on any atom is -0.316 e. The van der Waals surface area contributed by atoms with Crippen molar-refractivity contribution in [2.24, 2.45) is 11.8 Å². The van der Waals surface area contributed by atoms with Crippen LogP contribution >= 0.6 is 0 Å². The Morgan fingerprint density at radius 2 is 1.53 bits per heavy atom. The van der Waals surface area contributed by atoms with Crippen LogP contribution in [0.5, 0.6) is 0 Å². The second-order valence-electron chi connectivity index (χ2n) is 6.66. The van der Waals surface area contributed by atoms with Crippen molar-refractivity contribution in [3.05, 3.63) is 0 Å². The van der Waals surface area contributed by atoms with Crippen LogP contribution in [0.1, 0.15) is 67.2 Å². The fourth-order valence-corrected chi connectivity index (χ4v) is 2.65. The quantitative estimate of drug-likeness (QED) is 0.536. The zero-order valence-electron chi connectivity index (χ0n) is 14.3. The molecule has 0 spiro atoms. The van der Waals surface area contributed by atoms with Crippen LogP contribution in [0.2, 0.25) is 0 Å². The molecule has 0 bridgehead atoms. The average molecular weight is 271 g/mol. The maximum Gasteiger partial charge on any atom is 0.00901 e. The molecule has 0 aromatic rings. The molecule has 116 valence electrons. The van der Waals surface area contributed by atoms with Crippen LogP contribution < -0.4 is 5.32 Å². The third-order valence-corrected chi connectivity index (χ3v) is 3.66.